The van der Waals surface area contributed by atoms with Crippen LogP contribution in [0.15, 0.2) is 6.07 Å². The lowest BCUT2D eigenvalue weighted by molar-refractivity contribution is 0.145. The van der Waals surface area contributed by atoms with Crippen LogP contribution in [0.25, 0.3) is 34.3 Å². The number of aryl methyl sites for hydroxylation is 4. The van der Waals surface area contributed by atoms with E-state index in [1.165, 1.54) is 0 Å². The third-order valence-corrected chi connectivity index (χ3v) is 6.81. The topological polar surface area (TPSA) is 110 Å². The summed E-state index contributed by atoms with van der Waals surface area (Å²) in [5.41, 5.74) is 8.16. The Morgan fingerprint density at radius 2 is 1.92 bits per heavy atom. The van der Waals surface area contributed by atoms with Crippen LogP contribution in [-0.2, 0) is 13.6 Å². The van der Waals surface area contributed by atoms with Crippen LogP contribution in [0, 0.1) is 20.8 Å². The zero-order valence-corrected chi connectivity index (χ0v) is 22.0. The van der Waals surface area contributed by atoms with Crippen molar-refractivity contribution in [3.05, 3.63) is 40.1 Å². The SMILES string of the molecule is Cc1nn([C@@H](C)CO)c2c1/C=C/c1[nH]nc3c(C)nc(cc13)-c1c(C)nn(C)c1O[C@@H](C)CN(C)C2. The number of aliphatic hydroxyl groups excluding tert-OH is 1. The van der Waals surface area contributed by atoms with E-state index in [4.69, 9.17) is 14.8 Å². The third kappa shape index (κ3) is 4.10. The first kappa shape index (κ1) is 24.2. The molecule has 0 saturated carbocycles. The van der Waals surface area contributed by atoms with Crippen molar-refractivity contribution in [3.63, 3.8) is 0 Å². The molecule has 0 spiro atoms. The molecule has 0 aliphatic carbocycles. The van der Waals surface area contributed by atoms with Crippen LogP contribution in [0.3, 0.4) is 0 Å². The monoisotopic (exact) mass is 490 g/mol. The zero-order chi connectivity index (χ0) is 25.7. The van der Waals surface area contributed by atoms with Gasteiger partial charge >= 0.3 is 0 Å². The molecule has 0 fully saturated rings. The molecule has 10 nitrogen and oxygen atoms in total. The van der Waals surface area contributed by atoms with Gasteiger partial charge in [0.2, 0.25) is 5.88 Å². The number of pyridine rings is 1. The summed E-state index contributed by atoms with van der Waals surface area (Å²) in [5.74, 6) is 0.700. The van der Waals surface area contributed by atoms with Gasteiger partial charge in [-0.05, 0) is 59.9 Å². The summed E-state index contributed by atoms with van der Waals surface area (Å²) in [7, 11) is 3.97. The molecule has 0 unspecified atom stereocenters. The molecular weight excluding hydrogens is 456 g/mol. The van der Waals surface area contributed by atoms with E-state index in [2.05, 4.69) is 52.4 Å². The molecule has 5 rings (SSSR count). The van der Waals surface area contributed by atoms with Crippen LogP contribution in [0.2, 0.25) is 0 Å². The molecule has 5 heterocycles. The van der Waals surface area contributed by atoms with Gasteiger partial charge in [0.15, 0.2) is 0 Å². The summed E-state index contributed by atoms with van der Waals surface area (Å²) in [4.78, 5) is 7.10. The number of nitrogens with zero attached hydrogens (tertiary/aromatic N) is 7. The van der Waals surface area contributed by atoms with E-state index in [1.807, 2.05) is 39.4 Å². The van der Waals surface area contributed by atoms with Crippen molar-refractivity contribution in [3.8, 4) is 17.1 Å². The second-order valence-electron chi connectivity index (χ2n) is 9.90. The molecule has 0 amide bonds. The number of fused-ring (bicyclic) bond motifs is 4. The molecule has 2 N–H and O–H groups in total. The maximum atomic E-state index is 9.87. The number of nitrogens with one attached hydrogen (secondary N) is 1. The van der Waals surface area contributed by atoms with Gasteiger partial charge in [-0.2, -0.15) is 15.3 Å². The summed E-state index contributed by atoms with van der Waals surface area (Å²) in [6, 6.07) is 1.93. The van der Waals surface area contributed by atoms with E-state index in [1.54, 1.807) is 4.68 Å². The maximum Gasteiger partial charge on any atom is 0.221 e. The van der Waals surface area contributed by atoms with Gasteiger partial charge in [0.05, 0.1) is 52.4 Å². The minimum Gasteiger partial charge on any atom is -0.473 e. The predicted molar refractivity (Wildman–Crippen MR) is 140 cm³/mol. The van der Waals surface area contributed by atoms with E-state index < -0.39 is 0 Å². The van der Waals surface area contributed by atoms with Crippen molar-refractivity contribution in [1.82, 2.24) is 39.6 Å². The summed E-state index contributed by atoms with van der Waals surface area (Å²) in [6.45, 7) is 11.4. The number of ether oxygens (including phenoxy) is 1. The molecule has 0 aromatic carbocycles. The number of aliphatic hydroxyl groups is 1. The normalized spacial score (nSPS) is 18.4. The highest BCUT2D eigenvalue weighted by molar-refractivity contribution is 5.93. The molecule has 2 atom stereocenters. The number of aromatic amines is 1. The van der Waals surface area contributed by atoms with E-state index in [0.29, 0.717) is 19.0 Å². The Hall–Kier alpha value is -3.50. The largest absolute Gasteiger partial charge is 0.473 e. The summed E-state index contributed by atoms with van der Waals surface area (Å²) < 4.78 is 10.2. The molecule has 36 heavy (non-hydrogen) atoms. The molecule has 4 aromatic rings. The Labute approximate surface area is 210 Å². The van der Waals surface area contributed by atoms with Gasteiger partial charge in [0.25, 0.3) is 0 Å². The van der Waals surface area contributed by atoms with Gasteiger partial charge < -0.3 is 9.84 Å². The lowest BCUT2D eigenvalue weighted by atomic mass is 10.1. The number of hydrogen-bond donors (Lipinski definition) is 2. The highest BCUT2D eigenvalue weighted by Gasteiger charge is 2.24. The first-order chi connectivity index (χ1) is 17.2. The maximum absolute atomic E-state index is 9.87. The summed E-state index contributed by atoms with van der Waals surface area (Å²) in [6.07, 6.45) is 4.04. The molecule has 2 bridgehead atoms. The summed E-state index contributed by atoms with van der Waals surface area (Å²) in [5, 5.41) is 28.0. The minimum atomic E-state index is -0.130. The van der Waals surface area contributed by atoms with Gasteiger partial charge in [-0.25, -0.2) is 4.68 Å². The van der Waals surface area contributed by atoms with Crippen LogP contribution in [-0.4, -0.2) is 71.1 Å². The van der Waals surface area contributed by atoms with Crippen molar-refractivity contribution >= 4 is 23.1 Å². The zero-order valence-electron chi connectivity index (χ0n) is 22.0. The number of aromatic nitrogens is 7. The number of likely N-dealkylation sites (N-methyl/N-ethyl adjacent to an activating group) is 1. The quantitative estimate of drug-likeness (QED) is 0.443. The van der Waals surface area contributed by atoms with Gasteiger partial charge in [-0.1, -0.05) is 0 Å². The van der Waals surface area contributed by atoms with Gasteiger partial charge in [-0.3, -0.25) is 19.7 Å². The Morgan fingerprint density at radius 3 is 2.67 bits per heavy atom. The second-order valence-corrected chi connectivity index (χ2v) is 9.90. The number of hydrogen-bond acceptors (Lipinski definition) is 7. The second kappa shape index (κ2) is 9.18. The Morgan fingerprint density at radius 1 is 1.14 bits per heavy atom. The number of H-pyrrole nitrogens is 1. The summed E-state index contributed by atoms with van der Waals surface area (Å²) >= 11 is 0. The lowest BCUT2D eigenvalue weighted by Gasteiger charge is -2.24. The van der Waals surface area contributed by atoms with Crippen LogP contribution < -0.4 is 4.74 Å². The van der Waals surface area contributed by atoms with Crippen LogP contribution >= 0.6 is 0 Å². The lowest BCUT2D eigenvalue weighted by Crippen LogP contribution is -2.32. The van der Waals surface area contributed by atoms with E-state index in [9.17, 15) is 5.11 Å². The fraction of sp³-hybridized carbons (Fsp3) is 0.462. The van der Waals surface area contributed by atoms with Gasteiger partial charge in [-0.15, -0.1) is 0 Å². The smallest absolute Gasteiger partial charge is 0.221 e. The first-order valence-corrected chi connectivity index (χ1v) is 12.3. The average Bonchev–Trinajstić information content (AvgIpc) is 3.45. The average molecular weight is 491 g/mol. The highest BCUT2D eigenvalue weighted by atomic mass is 16.5. The predicted octanol–water partition coefficient (Wildman–Crippen LogP) is 3.42. The van der Waals surface area contributed by atoms with Crippen molar-refractivity contribution in [2.45, 2.75) is 53.3 Å². The van der Waals surface area contributed by atoms with Crippen molar-refractivity contribution < 1.29 is 9.84 Å². The third-order valence-electron chi connectivity index (χ3n) is 6.81. The standard InChI is InChI=1S/C26H34N8O2/c1-14(13-35)34-23-12-32(6)11-15(2)36-26-24(17(4)30-33(26)7)22-10-20-21(9-8-19(23)16(3)31-34)28-29-25(20)18(5)27-22/h8-10,14-15,35H,11-13H2,1-7H3,(H,28,29)/b9-8+/t14-,15-/m0/s1. The molecule has 10 heteroatoms. The molecule has 1 aliphatic rings. The highest BCUT2D eigenvalue weighted by Crippen LogP contribution is 2.35. The van der Waals surface area contributed by atoms with E-state index in [-0.39, 0.29) is 18.8 Å². The van der Waals surface area contributed by atoms with Crippen molar-refractivity contribution in [2.24, 2.45) is 7.05 Å². The Bertz CT molecular complexity index is 1460. The van der Waals surface area contributed by atoms with Crippen LogP contribution in [0.1, 0.15) is 53.9 Å². The van der Waals surface area contributed by atoms with Crippen LogP contribution in [0.4, 0.5) is 0 Å². The van der Waals surface area contributed by atoms with Crippen LogP contribution in [0.5, 0.6) is 5.88 Å². The van der Waals surface area contributed by atoms with Gasteiger partial charge in [0.1, 0.15) is 11.6 Å². The minimum absolute atomic E-state index is 0.0172. The molecule has 1 aliphatic heterocycles. The fourth-order valence-electron chi connectivity index (χ4n) is 5.09. The first-order valence-electron chi connectivity index (χ1n) is 12.3. The molecule has 190 valence electrons. The number of rotatable bonds is 2. The molecular formula is C26H34N8O2. The Kier molecular flexibility index (Phi) is 6.17. The molecule has 4 aromatic heterocycles. The Balaban J connectivity index is 1.74. The van der Waals surface area contributed by atoms with E-state index in [0.717, 1.165) is 56.2 Å². The van der Waals surface area contributed by atoms with Gasteiger partial charge in [0, 0.05) is 31.1 Å². The molecule has 0 radical (unpaired) electrons. The fourth-order valence-corrected chi connectivity index (χ4v) is 5.09. The van der Waals surface area contributed by atoms with Crippen molar-refractivity contribution in [1.29, 1.82) is 0 Å². The molecule has 0 saturated heterocycles. The van der Waals surface area contributed by atoms with E-state index >= 15 is 0 Å². The van der Waals surface area contributed by atoms with Crippen molar-refractivity contribution in [2.75, 3.05) is 20.2 Å².